The third kappa shape index (κ3) is 5.47. The minimum atomic E-state index is -3.88. The number of anilines is 1. The average molecular weight is 488 g/mol. The lowest BCUT2D eigenvalue weighted by Crippen LogP contribution is -2.34. The molecule has 10 heteroatoms. The summed E-state index contributed by atoms with van der Waals surface area (Å²) in [5.74, 6) is 0.619. The second kappa shape index (κ2) is 9.82. The molecule has 0 aliphatic carbocycles. The summed E-state index contributed by atoms with van der Waals surface area (Å²) >= 11 is 1.61. The van der Waals surface area contributed by atoms with Crippen molar-refractivity contribution in [2.75, 3.05) is 38.6 Å². The number of sulfonamides is 1. The first-order chi connectivity index (χ1) is 15.8. The number of nitrogens with one attached hydrogen (secondary N) is 2. The van der Waals surface area contributed by atoms with Gasteiger partial charge in [0.15, 0.2) is 11.5 Å². The van der Waals surface area contributed by atoms with Gasteiger partial charge in [-0.3, -0.25) is 9.52 Å². The Hall–Kier alpha value is -3.08. The smallest absolute Gasteiger partial charge is 0.262 e. The number of benzene rings is 2. The Balaban J connectivity index is 1.45. The molecule has 8 nitrogen and oxygen atoms in total. The fourth-order valence-corrected chi connectivity index (χ4v) is 5.25. The number of carbonyl (C=O) groups is 1. The SMILES string of the molecule is CN(C)[C@@H](CNC(=O)c1cccc(NS(=O)(=O)c2ccc3c(c2)OCCO3)c1)c1ccsc1. The maximum absolute atomic E-state index is 12.9. The molecule has 1 atom stereocenters. The van der Waals surface area contributed by atoms with Gasteiger partial charge in [0.25, 0.3) is 15.9 Å². The molecule has 174 valence electrons. The van der Waals surface area contributed by atoms with E-state index in [2.05, 4.69) is 15.4 Å². The van der Waals surface area contributed by atoms with E-state index in [-0.39, 0.29) is 16.8 Å². The molecule has 3 aromatic rings. The van der Waals surface area contributed by atoms with Crippen molar-refractivity contribution in [3.63, 3.8) is 0 Å². The number of rotatable bonds is 8. The van der Waals surface area contributed by atoms with Crippen LogP contribution in [0, 0.1) is 0 Å². The lowest BCUT2D eigenvalue weighted by Gasteiger charge is -2.24. The minimum absolute atomic E-state index is 0.0390. The van der Waals surface area contributed by atoms with Gasteiger partial charge in [-0.1, -0.05) is 6.07 Å². The molecule has 1 amide bonds. The van der Waals surface area contributed by atoms with Crippen LogP contribution in [0.3, 0.4) is 0 Å². The van der Waals surface area contributed by atoms with Crippen LogP contribution in [0.2, 0.25) is 0 Å². The first kappa shape index (κ1) is 23.1. The summed E-state index contributed by atoms with van der Waals surface area (Å²) in [4.78, 5) is 14.8. The predicted molar refractivity (Wildman–Crippen MR) is 128 cm³/mol. The highest BCUT2D eigenvalue weighted by atomic mass is 32.2. The fourth-order valence-electron chi connectivity index (χ4n) is 3.48. The normalized spacial score (nSPS) is 14.0. The van der Waals surface area contributed by atoms with Crippen molar-refractivity contribution >= 4 is 33.0 Å². The van der Waals surface area contributed by atoms with Crippen LogP contribution in [0.1, 0.15) is 22.0 Å². The van der Waals surface area contributed by atoms with Gasteiger partial charge in [0, 0.05) is 23.9 Å². The van der Waals surface area contributed by atoms with E-state index < -0.39 is 10.0 Å². The average Bonchev–Trinajstić information content (AvgIpc) is 3.33. The van der Waals surface area contributed by atoms with E-state index in [9.17, 15) is 13.2 Å². The van der Waals surface area contributed by atoms with Gasteiger partial charge in [-0.15, -0.1) is 0 Å². The van der Waals surface area contributed by atoms with E-state index in [4.69, 9.17) is 9.47 Å². The number of thiophene rings is 1. The molecule has 2 aromatic carbocycles. The molecular formula is C23H25N3O5S2. The summed E-state index contributed by atoms with van der Waals surface area (Å²) in [7, 11) is 0.0415. The monoisotopic (exact) mass is 487 g/mol. The van der Waals surface area contributed by atoms with Crippen LogP contribution in [0.25, 0.3) is 0 Å². The van der Waals surface area contributed by atoms with Gasteiger partial charge < -0.3 is 19.7 Å². The molecule has 0 bridgehead atoms. The molecule has 1 aliphatic heterocycles. The van der Waals surface area contributed by atoms with Crippen LogP contribution < -0.4 is 19.5 Å². The molecule has 2 N–H and O–H groups in total. The van der Waals surface area contributed by atoms with Crippen molar-refractivity contribution in [3.8, 4) is 11.5 Å². The van der Waals surface area contributed by atoms with Crippen molar-refractivity contribution in [3.05, 3.63) is 70.4 Å². The van der Waals surface area contributed by atoms with Gasteiger partial charge in [0.1, 0.15) is 13.2 Å². The van der Waals surface area contributed by atoms with Gasteiger partial charge in [0.2, 0.25) is 0 Å². The molecule has 0 spiro atoms. The molecule has 1 aromatic heterocycles. The van der Waals surface area contributed by atoms with Gasteiger partial charge in [0.05, 0.1) is 10.9 Å². The number of hydrogen-bond donors (Lipinski definition) is 2. The first-order valence-corrected chi connectivity index (χ1v) is 12.8. The Morgan fingerprint density at radius 1 is 1.09 bits per heavy atom. The van der Waals surface area contributed by atoms with Gasteiger partial charge >= 0.3 is 0 Å². The van der Waals surface area contributed by atoms with Crippen LogP contribution in [-0.2, 0) is 10.0 Å². The number of ether oxygens (including phenoxy) is 2. The summed E-state index contributed by atoms with van der Waals surface area (Å²) in [6, 6.07) is 12.9. The van der Waals surface area contributed by atoms with Crippen LogP contribution >= 0.6 is 11.3 Å². The van der Waals surface area contributed by atoms with E-state index >= 15 is 0 Å². The Kier molecular flexibility index (Phi) is 6.87. The van der Waals surface area contributed by atoms with Crippen molar-refractivity contribution in [1.29, 1.82) is 0 Å². The second-order valence-corrected chi connectivity index (χ2v) is 10.2. The number of amides is 1. The van der Waals surface area contributed by atoms with Crippen LogP contribution in [0.5, 0.6) is 11.5 Å². The number of hydrogen-bond acceptors (Lipinski definition) is 7. The third-order valence-electron chi connectivity index (χ3n) is 5.21. The molecule has 2 heterocycles. The molecule has 4 rings (SSSR count). The van der Waals surface area contributed by atoms with Gasteiger partial charge in [-0.05, 0) is 66.8 Å². The zero-order valence-corrected chi connectivity index (χ0v) is 19.9. The Morgan fingerprint density at radius 2 is 1.88 bits per heavy atom. The summed E-state index contributed by atoms with van der Waals surface area (Å²) in [5.41, 5.74) is 1.78. The topological polar surface area (TPSA) is 97.0 Å². The highest BCUT2D eigenvalue weighted by Crippen LogP contribution is 2.32. The summed E-state index contributed by atoms with van der Waals surface area (Å²) in [6.07, 6.45) is 0. The van der Waals surface area contributed by atoms with Crippen molar-refractivity contribution < 1.29 is 22.7 Å². The molecule has 33 heavy (non-hydrogen) atoms. The zero-order chi connectivity index (χ0) is 23.4. The van der Waals surface area contributed by atoms with E-state index in [1.807, 2.05) is 30.4 Å². The van der Waals surface area contributed by atoms with E-state index in [1.165, 1.54) is 18.2 Å². The summed E-state index contributed by atoms with van der Waals surface area (Å²) in [5, 5.41) is 7.01. The molecule has 0 fully saturated rings. The summed E-state index contributed by atoms with van der Waals surface area (Å²) < 4.78 is 39.2. The van der Waals surface area contributed by atoms with Crippen molar-refractivity contribution in [2.45, 2.75) is 10.9 Å². The lowest BCUT2D eigenvalue weighted by atomic mass is 10.1. The number of likely N-dealkylation sites (N-methyl/N-ethyl adjacent to an activating group) is 1. The molecule has 1 aliphatic rings. The van der Waals surface area contributed by atoms with E-state index in [0.29, 0.717) is 42.5 Å². The fraction of sp³-hybridized carbons (Fsp3) is 0.261. The molecule has 0 radical (unpaired) electrons. The van der Waals surface area contributed by atoms with Crippen LogP contribution in [0.4, 0.5) is 5.69 Å². The van der Waals surface area contributed by atoms with E-state index in [1.54, 1.807) is 35.6 Å². The largest absolute Gasteiger partial charge is 0.486 e. The number of fused-ring (bicyclic) bond motifs is 1. The predicted octanol–water partition coefficient (Wildman–Crippen LogP) is 3.35. The van der Waals surface area contributed by atoms with Crippen LogP contribution in [0.15, 0.2) is 64.2 Å². The Morgan fingerprint density at radius 3 is 2.61 bits per heavy atom. The minimum Gasteiger partial charge on any atom is -0.486 e. The van der Waals surface area contributed by atoms with Crippen molar-refractivity contribution in [2.24, 2.45) is 0 Å². The zero-order valence-electron chi connectivity index (χ0n) is 18.3. The Bertz CT molecular complexity index is 1230. The Labute approximate surface area is 197 Å². The number of carbonyl (C=O) groups excluding carboxylic acids is 1. The molecule has 0 unspecified atom stereocenters. The van der Waals surface area contributed by atoms with Gasteiger partial charge in [-0.2, -0.15) is 11.3 Å². The quantitative estimate of drug-likeness (QED) is 0.506. The maximum Gasteiger partial charge on any atom is 0.262 e. The molecule has 0 saturated heterocycles. The summed E-state index contributed by atoms with van der Waals surface area (Å²) in [6.45, 7) is 1.21. The standard InChI is InChI=1S/C23H25N3O5S2/c1-26(2)20(17-8-11-32-15-17)14-24-23(27)16-4-3-5-18(12-16)25-33(28,29)19-6-7-21-22(13-19)31-10-9-30-21/h3-8,11-13,15,20,25H,9-10,14H2,1-2H3,(H,24,27)/t20-/m0/s1. The highest BCUT2D eigenvalue weighted by Gasteiger charge is 2.20. The number of nitrogens with zero attached hydrogens (tertiary/aromatic N) is 1. The molecular weight excluding hydrogens is 462 g/mol. The lowest BCUT2D eigenvalue weighted by molar-refractivity contribution is 0.0942. The highest BCUT2D eigenvalue weighted by molar-refractivity contribution is 7.92. The van der Waals surface area contributed by atoms with Crippen molar-refractivity contribution in [1.82, 2.24) is 10.2 Å². The van der Waals surface area contributed by atoms with E-state index in [0.717, 1.165) is 5.56 Å². The molecule has 0 saturated carbocycles. The van der Waals surface area contributed by atoms with Crippen LogP contribution in [-0.4, -0.2) is 53.1 Å². The maximum atomic E-state index is 12.9. The second-order valence-electron chi connectivity index (χ2n) is 7.74. The third-order valence-corrected chi connectivity index (χ3v) is 7.29. The van der Waals surface area contributed by atoms with Gasteiger partial charge in [-0.25, -0.2) is 8.42 Å². The first-order valence-electron chi connectivity index (χ1n) is 10.3.